The van der Waals surface area contributed by atoms with Gasteiger partial charge in [0.15, 0.2) is 0 Å². The number of nitrogens with zero attached hydrogens (tertiary/aromatic N) is 3. The highest BCUT2D eigenvalue weighted by atomic mass is 16.5. The summed E-state index contributed by atoms with van der Waals surface area (Å²) in [5.74, 6) is 0.686. The molecule has 0 unspecified atom stereocenters. The van der Waals surface area contributed by atoms with Gasteiger partial charge in [-0.25, -0.2) is 9.79 Å². The number of carbonyl (C=O) groups excluding carboxylic acids is 3. The number of benzene rings is 1. The van der Waals surface area contributed by atoms with Crippen molar-refractivity contribution in [1.82, 2.24) is 15.1 Å². The lowest BCUT2D eigenvalue weighted by Crippen LogP contribution is -2.45. The van der Waals surface area contributed by atoms with Gasteiger partial charge in [-0.05, 0) is 70.2 Å². The van der Waals surface area contributed by atoms with Crippen LogP contribution in [0.1, 0.15) is 44.8 Å². The van der Waals surface area contributed by atoms with Crippen LogP contribution in [0.5, 0.6) is 0 Å². The molecule has 0 bridgehead atoms. The van der Waals surface area contributed by atoms with Gasteiger partial charge in [0, 0.05) is 30.7 Å². The van der Waals surface area contributed by atoms with Gasteiger partial charge >= 0.3 is 6.09 Å². The number of furan rings is 1. The number of aryl methyl sites for hydroxylation is 1. The number of guanidine groups is 1. The summed E-state index contributed by atoms with van der Waals surface area (Å²) in [5.41, 5.74) is 1.43. The van der Waals surface area contributed by atoms with Crippen LogP contribution in [0.3, 0.4) is 0 Å². The summed E-state index contributed by atoms with van der Waals surface area (Å²) >= 11 is 0. The Morgan fingerprint density at radius 3 is 2.69 bits per heavy atom. The molecule has 3 amide bonds. The summed E-state index contributed by atoms with van der Waals surface area (Å²) < 4.78 is 10.6. The molecule has 2 aliphatic rings. The van der Waals surface area contributed by atoms with Crippen LogP contribution in [-0.2, 0) is 14.3 Å². The molecule has 3 heterocycles. The molecule has 4 rings (SSSR count). The van der Waals surface area contributed by atoms with Crippen molar-refractivity contribution < 1.29 is 23.5 Å². The van der Waals surface area contributed by atoms with E-state index in [0.29, 0.717) is 18.7 Å². The molecular weight excluding hydrogens is 450 g/mol. The topological polar surface area (TPSA) is 116 Å². The van der Waals surface area contributed by atoms with Crippen LogP contribution < -0.4 is 10.6 Å². The molecule has 2 fully saturated rings. The maximum absolute atomic E-state index is 13.3. The van der Waals surface area contributed by atoms with Crippen LogP contribution in [0.4, 0.5) is 10.5 Å². The van der Waals surface area contributed by atoms with Gasteiger partial charge in [-0.2, -0.15) is 0 Å². The van der Waals surface area contributed by atoms with Crippen molar-refractivity contribution >= 4 is 40.5 Å². The first-order chi connectivity index (χ1) is 16.9. The first kappa shape index (κ1) is 24.6. The van der Waals surface area contributed by atoms with E-state index in [4.69, 9.17) is 9.15 Å². The Balaban J connectivity index is 1.53. The number of alkyl carbamates (subject to hydrolysis) is 1. The van der Waals surface area contributed by atoms with E-state index < -0.39 is 12.1 Å². The van der Waals surface area contributed by atoms with E-state index in [1.165, 1.54) is 0 Å². The first-order valence-corrected chi connectivity index (χ1v) is 12.3. The molecular formula is C25H33N5O5. The Hall–Kier alpha value is -3.56. The highest BCUT2D eigenvalue weighted by molar-refractivity contribution is 6.04. The predicted molar refractivity (Wildman–Crippen MR) is 132 cm³/mol. The van der Waals surface area contributed by atoms with Crippen LogP contribution in [0.25, 0.3) is 11.0 Å². The molecule has 10 heteroatoms. The van der Waals surface area contributed by atoms with Crippen molar-refractivity contribution in [2.24, 2.45) is 4.99 Å². The van der Waals surface area contributed by atoms with Gasteiger partial charge in [-0.15, -0.1) is 0 Å². The molecule has 2 saturated heterocycles. The monoisotopic (exact) mass is 483 g/mol. The largest absolute Gasteiger partial charge is 0.461 e. The van der Waals surface area contributed by atoms with Gasteiger partial charge in [0.25, 0.3) is 0 Å². The maximum Gasteiger partial charge on any atom is 0.413 e. The number of rotatable bonds is 5. The highest BCUT2D eigenvalue weighted by Gasteiger charge is 2.30. The number of fused-ring (bicyclic) bond motifs is 1. The van der Waals surface area contributed by atoms with E-state index in [2.05, 4.69) is 15.6 Å². The Bertz CT molecular complexity index is 1100. The van der Waals surface area contributed by atoms with E-state index in [9.17, 15) is 14.4 Å². The Morgan fingerprint density at radius 1 is 1.14 bits per heavy atom. The van der Waals surface area contributed by atoms with Crippen LogP contribution >= 0.6 is 0 Å². The van der Waals surface area contributed by atoms with Crippen molar-refractivity contribution in [3.63, 3.8) is 0 Å². The highest BCUT2D eigenvalue weighted by Crippen LogP contribution is 2.23. The smallest absolute Gasteiger partial charge is 0.413 e. The molecule has 0 radical (unpaired) electrons. The number of nitrogens with one attached hydrogen (secondary N) is 2. The third-order valence-corrected chi connectivity index (χ3v) is 6.22. The summed E-state index contributed by atoms with van der Waals surface area (Å²) in [7, 11) is 0. The average Bonchev–Trinajstić information content (AvgIpc) is 3.45. The van der Waals surface area contributed by atoms with Crippen molar-refractivity contribution in [1.29, 1.82) is 0 Å². The lowest BCUT2D eigenvalue weighted by molar-refractivity contribution is -0.140. The maximum atomic E-state index is 13.3. The predicted octanol–water partition coefficient (Wildman–Crippen LogP) is 3.26. The molecule has 10 nitrogen and oxygen atoms in total. The van der Waals surface area contributed by atoms with Gasteiger partial charge in [-0.1, -0.05) is 0 Å². The molecule has 2 N–H and O–H groups in total. The molecule has 35 heavy (non-hydrogen) atoms. The zero-order chi connectivity index (χ0) is 24.8. The number of hydrogen-bond donors (Lipinski definition) is 2. The zero-order valence-electron chi connectivity index (χ0n) is 20.3. The summed E-state index contributed by atoms with van der Waals surface area (Å²) in [5, 5.41) is 6.63. The Kier molecular flexibility index (Phi) is 7.89. The van der Waals surface area contributed by atoms with Gasteiger partial charge in [0.2, 0.25) is 17.8 Å². The lowest BCUT2D eigenvalue weighted by Gasteiger charge is -2.25. The standard InChI is InChI=1S/C25H33N5O5/c1-3-34-25(33)28-24(26-19-9-10-21-18(15-19)14-17(2)35-21)27-20-8-4-5-13-30(23(20)32)16-22(31)29-11-6-7-12-29/h9-10,14-15,20H,3-8,11-13,16H2,1-2H3,(H2,26,27,28,33)/t20-/m0/s1. The quantitative estimate of drug-likeness (QED) is 0.498. The second kappa shape index (κ2) is 11.2. The molecule has 188 valence electrons. The molecule has 1 atom stereocenters. The van der Waals surface area contributed by atoms with Crippen molar-refractivity contribution in [3.8, 4) is 0 Å². The molecule has 0 spiro atoms. The second-order valence-corrected chi connectivity index (χ2v) is 8.92. The van der Waals surface area contributed by atoms with Crippen LogP contribution in [0.15, 0.2) is 33.7 Å². The number of likely N-dealkylation sites (tertiary alicyclic amines) is 2. The third kappa shape index (κ3) is 6.32. The summed E-state index contributed by atoms with van der Waals surface area (Å²) in [6, 6.07) is 6.72. The fourth-order valence-electron chi connectivity index (χ4n) is 4.50. The molecule has 0 saturated carbocycles. The van der Waals surface area contributed by atoms with E-state index in [1.807, 2.05) is 36.1 Å². The SMILES string of the molecule is CCOC(=O)NC(=N[C@H]1CCCCN(CC(=O)N2CCCC2)C1=O)Nc1ccc2oc(C)cc2c1. The van der Waals surface area contributed by atoms with Crippen molar-refractivity contribution in [2.75, 3.05) is 38.1 Å². The zero-order valence-corrected chi connectivity index (χ0v) is 20.3. The minimum absolute atomic E-state index is 0.0211. The molecule has 2 aliphatic heterocycles. The van der Waals surface area contributed by atoms with Crippen LogP contribution in [0, 0.1) is 6.92 Å². The van der Waals surface area contributed by atoms with E-state index in [1.54, 1.807) is 11.8 Å². The summed E-state index contributed by atoms with van der Waals surface area (Å²) in [4.78, 5) is 46.2. The molecule has 1 aromatic heterocycles. The number of ether oxygens (including phenoxy) is 1. The van der Waals surface area contributed by atoms with E-state index >= 15 is 0 Å². The summed E-state index contributed by atoms with van der Waals surface area (Å²) in [6.07, 6.45) is 3.47. The van der Waals surface area contributed by atoms with Gasteiger partial charge in [0.1, 0.15) is 17.4 Å². The fraction of sp³-hybridized carbons (Fsp3) is 0.520. The number of amides is 3. The number of aliphatic imine (C=N–C) groups is 1. The average molecular weight is 484 g/mol. The Morgan fingerprint density at radius 2 is 1.91 bits per heavy atom. The van der Waals surface area contributed by atoms with E-state index in [0.717, 1.165) is 55.5 Å². The number of carbonyl (C=O) groups is 3. The van der Waals surface area contributed by atoms with Gasteiger partial charge in [0.05, 0.1) is 13.2 Å². The van der Waals surface area contributed by atoms with E-state index in [-0.39, 0.29) is 30.9 Å². The van der Waals surface area contributed by atoms with Crippen LogP contribution in [0.2, 0.25) is 0 Å². The molecule has 0 aliphatic carbocycles. The van der Waals surface area contributed by atoms with Crippen LogP contribution in [-0.4, -0.2) is 72.5 Å². The minimum Gasteiger partial charge on any atom is -0.461 e. The third-order valence-electron chi connectivity index (χ3n) is 6.22. The Labute approximate surface area is 204 Å². The summed E-state index contributed by atoms with van der Waals surface area (Å²) in [6.45, 7) is 5.88. The normalized spacial score (nSPS) is 19.1. The first-order valence-electron chi connectivity index (χ1n) is 12.3. The van der Waals surface area contributed by atoms with Crippen molar-refractivity contribution in [2.45, 2.75) is 52.0 Å². The van der Waals surface area contributed by atoms with Gasteiger partial charge < -0.3 is 24.3 Å². The second-order valence-electron chi connectivity index (χ2n) is 8.92. The van der Waals surface area contributed by atoms with Crippen molar-refractivity contribution in [3.05, 3.63) is 30.0 Å². The fourth-order valence-corrected chi connectivity index (χ4v) is 4.50. The number of anilines is 1. The molecule has 2 aromatic rings. The lowest BCUT2D eigenvalue weighted by atomic mass is 10.1. The number of hydrogen-bond acceptors (Lipinski definition) is 6. The van der Waals surface area contributed by atoms with Gasteiger partial charge in [-0.3, -0.25) is 14.9 Å². The minimum atomic E-state index is -0.715. The molecule has 1 aromatic carbocycles.